The van der Waals surface area contributed by atoms with Crippen LogP contribution in [0, 0.1) is 19.7 Å². The highest BCUT2D eigenvalue weighted by atomic mass is 19.1. The topological polar surface area (TPSA) is 43.2 Å². The second kappa shape index (κ2) is 8.43. The van der Waals surface area contributed by atoms with Crippen LogP contribution in [0.3, 0.4) is 0 Å². The molecule has 29 heavy (non-hydrogen) atoms. The van der Waals surface area contributed by atoms with E-state index in [1.165, 1.54) is 23.3 Å². The maximum atomic E-state index is 13.2. The predicted octanol–water partition coefficient (Wildman–Crippen LogP) is 3.74. The Labute approximate surface area is 171 Å². The standard InChI is InChI=1S/C23H27FN4O/c1-16-10-19(11-18-4-6-21(24)7-5-18)12-22(25-16)23-15-28(8-9-29-23)14-20-13-27(3)26-17(20)2/h4-7,10,12-13,23H,8-9,11,14-15H2,1-3H3. The Balaban J connectivity index is 1.49. The third-order valence-corrected chi connectivity index (χ3v) is 5.34. The second-order valence-corrected chi connectivity index (χ2v) is 7.85. The summed E-state index contributed by atoms with van der Waals surface area (Å²) in [5, 5.41) is 4.45. The number of hydrogen-bond acceptors (Lipinski definition) is 4. The Hall–Kier alpha value is -2.57. The summed E-state index contributed by atoms with van der Waals surface area (Å²) in [5.74, 6) is -0.208. The van der Waals surface area contributed by atoms with Crippen LogP contribution in [0.2, 0.25) is 0 Å². The van der Waals surface area contributed by atoms with Gasteiger partial charge in [0.1, 0.15) is 11.9 Å². The van der Waals surface area contributed by atoms with Crippen LogP contribution in [0.15, 0.2) is 42.6 Å². The van der Waals surface area contributed by atoms with Gasteiger partial charge in [0.05, 0.1) is 18.0 Å². The number of nitrogens with zero attached hydrogens (tertiary/aromatic N) is 4. The number of aromatic nitrogens is 3. The van der Waals surface area contributed by atoms with E-state index in [1.54, 1.807) is 0 Å². The molecule has 1 fully saturated rings. The molecular formula is C23H27FN4O. The highest BCUT2D eigenvalue weighted by molar-refractivity contribution is 5.29. The largest absolute Gasteiger partial charge is 0.369 e. The number of aryl methyl sites for hydroxylation is 3. The van der Waals surface area contributed by atoms with E-state index in [1.807, 2.05) is 30.8 Å². The lowest BCUT2D eigenvalue weighted by molar-refractivity contribution is -0.0351. The Bertz CT molecular complexity index is 983. The van der Waals surface area contributed by atoms with Gasteiger partial charge in [0.2, 0.25) is 0 Å². The molecule has 0 spiro atoms. The van der Waals surface area contributed by atoms with Gasteiger partial charge in [-0.05, 0) is 55.7 Å². The van der Waals surface area contributed by atoms with Crippen molar-refractivity contribution in [2.24, 2.45) is 7.05 Å². The molecule has 1 aromatic carbocycles. The smallest absolute Gasteiger partial charge is 0.123 e. The van der Waals surface area contributed by atoms with Crippen LogP contribution in [0.25, 0.3) is 0 Å². The van der Waals surface area contributed by atoms with Crippen molar-refractivity contribution in [2.75, 3.05) is 19.7 Å². The molecule has 2 aromatic heterocycles. The Morgan fingerprint density at radius 3 is 2.66 bits per heavy atom. The van der Waals surface area contributed by atoms with Crippen molar-refractivity contribution < 1.29 is 9.13 Å². The molecule has 152 valence electrons. The summed E-state index contributed by atoms with van der Waals surface area (Å²) in [4.78, 5) is 7.15. The highest BCUT2D eigenvalue weighted by Crippen LogP contribution is 2.24. The molecule has 4 rings (SSSR count). The first-order chi connectivity index (χ1) is 14.0. The first-order valence-corrected chi connectivity index (χ1v) is 10.0. The van der Waals surface area contributed by atoms with Crippen molar-refractivity contribution >= 4 is 0 Å². The van der Waals surface area contributed by atoms with Gasteiger partial charge in [-0.25, -0.2) is 4.39 Å². The van der Waals surface area contributed by atoms with Crippen LogP contribution < -0.4 is 0 Å². The third-order valence-electron chi connectivity index (χ3n) is 5.34. The molecule has 1 atom stereocenters. The minimum absolute atomic E-state index is 0.0485. The minimum atomic E-state index is -0.208. The van der Waals surface area contributed by atoms with Gasteiger partial charge in [0, 0.05) is 44.1 Å². The lowest BCUT2D eigenvalue weighted by Crippen LogP contribution is -2.38. The summed E-state index contributed by atoms with van der Waals surface area (Å²) in [6, 6.07) is 10.9. The molecular weight excluding hydrogens is 367 g/mol. The second-order valence-electron chi connectivity index (χ2n) is 7.85. The first-order valence-electron chi connectivity index (χ1n) is 10.0. The number of hydrogen-bond donors (Lipinski definition) is 0. The molecule has 3 aromatic rings. The van der Waals surface area contributed by atoms with Crippen molar-refractivity contribution in [1.29, 1.82) is 0 Å². The zero-order chi connectivity index (χ0) is 20.4. The van der Waals surface area contributed by atoms with Crippen LogP contribution in [0.1, 0.15) is 39.9 Å². The van der Waals surface area contributed by atoms with Crippen LogP contribution in [0.4, 0.5) is 4.39 Å². The van der Waals surface area contributed by atoms with E-state index in [0.717, 1.165) is 48.7 Å². The number of ether oxygens (including phenoxy) is 1. The fourth-order valence-electron chi connectivity index (χ4n) is 3.94. The first kappa shape index (κ1) is 19.7. The Morgan fingerprint density at radius 1 is 1.14 bits per heavy atom. The fourth-order valence-corrected chi connectivity index (χ4v) is 3.94. The lowest BCUT2D eigenvalue weighted by atomic mass is 10.0. The van der Waals surface area contributed by atoms with E-state index >= 15 is 0 Å². The molecule has 1 aliphatic heterocycles. The molecule has 0 N–H and O–H groups in total. The zero-order valence-electron chi connectivity index (χ0n) is 17.2. The lowest BCUT2D eigenvalue weighted by Gasteiger charge is -2.32. The molecule has 0 aliphatic carbocycles. The number of benzene rings is 1. The van der Waals surface area contributed by atoms with Gasteiger partial charge in [-0.2, -0.15) is 5.10 Å². The molecule has 0 bridgehead atoms. The summed E-state index contributed by atoms with van der Waals surface area (Å²) in [6.45, 7) is 7.33. The monoisotopic (exact) mass is 394 g/mol. The van der Waals surface area contributed by atoms with Crippen LogP contribution in [-0.4, -0.2) is 39.4 Å². The molecule has 3 heterocycles. The maximum absolute atomic E-state index is 13.2. The van der Waals surface area contributed by atoms with Crippen molar-refractivity contribution in [3.63, 3.8) is 0 Å². The van der Waals surface area contributed by atoms with Gasteiger partial charge in [-0.15, -0.1) is 0 Å². The van der Waals surface area contributed by atoms with Gasteiger partial charge < -0.3 is 4.74 Å². The molecule has 5 nitrogen and oxygen atoms in total. The molecule has 1 unspecified atom stereocenters. The molecule has 0 amide bonds. The quantitative estimate of drug-likeness (QED) is 0.661. The average Bonchev–Trinajstić information content (AvgIpc) is 3.00. The highest BCUT2D eigenvalue weighted by Gasteiger charge is 2.24. The van der Waals surface area contributed by atoms with Crippen molar-refractivity contribution in [3.05, 3.63) is 82.2 Å². The van der Waals surface area contributed by atoms with E-state index in [-0.39, 0.29) is 11.9 Å². The number of rotatable bonds is 5. The van der Waals surface area contributed by atoms with E-state index in [9.17, 15) is 4.39 Å². The van der Waals surface area contributed by atoms with Crippen LogP contribution in [-0.2, 0) is 24.8 Å². The third kappa shape index (κ3) is 4.89. The SMILES string of the molecule is Cc1cc(Cc2ccc(F)cc2)cc(C2CN(Cc3cn(C)nc3C)CCO2)n1. The van der Waals surface area contributed by atoms with E-state index in [4.69, 9.17) is 9.72 Å². The summed E-state index contributed by atoms with van der Waals surface area (Å²) < 4.78 is 21.1. The van der Waals surface area contributed by atoms with Crippen LogP contribution in [0.5, 0.6) is 0 Å². The number of morpholine rings is 1. The molecule has 6 heteroatoms. The molecule has 0 radical (unpaired) electrons. The summed E-state index contributed by atoms with van der Waals surface area (Å²) in [5.41, 5.74) is 6.52. The predicted molar refractivity (Wildman–Crippen MR) is 110 cm³/mol. The Morgan fingerprint density at radius 2 is 1.93 bits per heavy atom. The zero-order valence-corrected chi connectivity index (χ0v) is 17.2. The van der Waals surface area contributed by atoms with Gasteiger partial charge in [-0.1, -0.05) is 12.1 Å². The van der Waals surface area contributed by atoms with E-state index in [0.29, 0.717) is 6.61 Å². The fraction of sp³-hybridized carbons (Fsp3) is 0.391. The van der Waals surface area contributed by atoms with Gasteiger partial charge in [0.25, 0.3) is 0 Å². The maximum Gasteiger partial charge on any atom is 0.123 e. The van der Waals surface area contributed by atoms with Crippen LogP contribution >= 0.6 is 0 Å². The molecule has 1 saturated heterocycles. The Kier molecular flexibility index (Phi) is 5.74. The average molecular weight is 394 g/mol. The molecule has 0 saturated carbocycles. The number of pyridine rings is 1. The number of halogens is 1. The van der Waals surface area contributed by atoms with Crippen molar-refractivity contribution in [1.82, 2.24) is 19.7 Å². The van der Waals surface area contributed by atoms with Gasteiger partial charge in [0.15, 0.2) is 0 Å². The van der Waals surface area contributed by atoms with E-state index in [2.05, 4.69) is 35.3 Å². The van der Waals surface area contributed by atoms with Crippen molar-refractivity contribution in [3.8, 4) is 0 Å². The summed E-state index contributed by atoms with van der Waals surface area (Å²) >= 11 is 0. The minimum Gasteiger partial charge on any atom is -0.369 e. The van der Waals surface area contributed by atoms with Crippen molar-refractivity contribution in [2.45, 2.75) is 32.9 Å². The van der Waals surface area contributed by atoms with E-state index < -0.39 is 0 Å². The van der Waals surface area contributed by atoms with Gasteiger partial charge in [-0.3, -0.25) is 14.6 Å². The normalized spacial score (nSPS) is 17.6. The molecule has 1 aliphatic rings. The summed E-state index contributed by atoms with van der Waals surface area (Å²) in [7, 11) is 1.96. The van der Waals surface area contributed by atoms with Gasteiger partial charge >= 0.3 is 0 Å². The summed E-state index contributed by atoms with van der Waals surface area (Å²) in [6.07, 6.45) is 2.79.